The molecule has 0 saturated heterocycles. The number of H-pyrrole nitrogens is 1. The Balaban J connectivity index is 2.08. The van der Waals surface area contributed by atoms with E-state index in [1.54, 1.807) is 32.9 Å². The number of aromatic amines is 1. The molecule has 136 valence electrons. The number of carboxylic acids is 1. The number of hydrogen-bond acceptors (Lipinski definition) is 4. The number of carbonyl (C=O) groups is 2. The summed E-state index contributed by atoms with van der Waals surface area (Å²) < 4.78 is 5.18. The predicted octanol–water partition coefficient (Wildman–Crippen LogP) is 3.28. The first-order valence-electron chi connectivity index (χ1n) is 8.42. The van der Waals surface area contributed by atoms with Gasteiger partial charge in [0, 0.05) is 13.0 Å². The van der Waals surface area contributed by atoms with Gasteiger partial charge in [-0.2, -0.15) is 0 Å². The molecular formula is C18H25N3O4. The summed E-state index contributed by atoms with van der Waals surface area (Å²) in [5, 5.41) is 12.1. The zero-order valence-corrected chi connectivity index (χ0v) is 15.1. The van der Waals surface area contributed by atoms with Crippen LogP contribution in [-0.4, -0.2) is 39.3 Å². The number of amides is 1. The van der Waals surface area contributed by atoms with Gasteiger partial charge < -0.3 is 20.1 Å². The normalized spacial score (nSPS) is 11.5. The third kappa shape index (κ3) is 4.95. The highest BCUT2D eigenvalue weighted by molar-refractivity contribution is 5.95. The lowest BCUT2D eigenvalue weighted by atomic mass is 10.0. The van der Waals surface area contributed by atoms with E-state index in [9.17, 15) is 14.7 Å². The maximum atomic E-state index is 11.7. The lowest BCUT2D eigenvalue weighted by molar-refractivity contribution is 0.0526. The van der Waals surface area contributed by atoms with E-state index in [1.165, 1.54) is 0 Å². The summed E-state index contributed by atoms with van der Waals surface area (Å²) >= 11 is 0. The molecule has 7 heteroatoms. The van der Waals surface area contributed by atoms with Crippen molar-refractivity contribution in [1.82, 2.24) is 15.3 Å². The van der Waals surface area contributed by atoms with Crippen LogP contribution in [0.4, 0.5) is 4.79 Å². The number of benzene rings is 1. The minimum atomic E-state index is -0.974. The van der Waals surface area contributed by atoms with Crippen molar-refractivity contribution in [2.45, 2.75) is 52.6 Å². The number of fused-ring (bicyclic) bond motifs is 1. The van der Waals surface area contributed by atoms with E-state index < -0.39 is 17.7 Å². The number of rotatable bonds is 6. The topological polar surface area (TPSA) is 104 Å². The number of alkyl carbamates (subject to hydrolysis) is 1. The molecule has 0 fully saturated rings. The van der Waals surface area contributed by atoms with Crippen LogP contribution in [0.5, 0.6) is 0 Å². The SMILES string of the molecule is CCc1nc2c(CCCNC(=O)OC(C)(C)C)c(C(=O)O)ccc2[nH]1. The van der Waals surface area contributed by atoms with E-state index in [4.69, 9.17) is 4.74 Å². The van der Waals surface area contributed by atoms with Crippen LogP contribution in [0.25, 0.3) is 11.0 Å². The van der Waals surface area contributed by atoms with Gasteiger partial charge in [0.15, 0.2) is 0 Å². The van der Waals surface area contributed by atoms with Crippen molar-refractivity contribution in [2.75, 3.05) is 6.54 Å². The van der Waals surface area contributed by atoms with Crippen LogP contribution in [-0.2, 0) is 17.6 Å². The molecule has 0 aliphatic carbocycles. The summed E-state index contributed by atoms with van der Waals surface area (Å²) in [6.07, 6.45) is 1.36. The lowest BCUT2D eigenvalue weighted by Crippen LogP contribution is -2.33. The second-order valence-electron chi connectivity index (χ2n) is 6.86. The van der Waals surface area contributed by atoms with Crippen molar-refractivity contribution in [3.05, 3.63) is 29.1 Å². The maximum Gasteiger partial charge on any atom is 0.407 e. The quantitative estimate of drug-likeness (QED) is 0.696. The number of aryl methyl sites for hydroxylation is 2. The van der Waals surface area contributed by atoms with Gasteiger partial charge in [0.2, 0.25) is 0 Å². The smallest absolute Gasteiger partial charge is 0.407 e. The van der Waals surface area contributed by atoms with E-state index in [-0.39, 0.29) is 5.56 Å². The molecule has 0 aliphatic rings. The maximum absolute atomic E-state index is 11.7. The molecule has 1 heterocycles. The first-order chi connectivity index (χ1) is 11.7. The van der Waals surface area contributed by atoms with Crippen molar-refractivity contribution in [3.8, 4) is 0 Å². The Morgan fingerprint density at radius 1 is 1.32 bits per heavy atom. The van der Waals surface area contributed by atoms with E-state index in [0.717, 1.165) is 17.8 Å². The van der Waals surface area contributed by atoms with Gasteiger partial charge in [-0.25, -0.2) is 14.6 Å². The van der Waals surface area contributed by atoms with Gasteiger partial charge in [0.25, 0.3) is 0 Å². The summed E-state index contributed by atoms with van der Waals surface area (Å²) in [4.78, 5) is 30.9. The van der Waals surface area contributed by atoms with Crippen molar-refractivity contribution < 1.29 is 19.4 Å². The number of aromatic carboxylic acids is 1. The number of carboxylic acid groups (broad SMARTS) is 1. The molecule has 0 spiro atoms. The van der Waals surface area contributed by atoms with Crippen LogP contribution < -0.4 is 5.32 Å². The van der Waals surface area contributed by atoms with E-state index in [0.29, 0.717) is 30.5 Å². The number of hydrogen-bond donors (Lipinski definition) is 3. The summed E-state index contributed by atoms with van der Waals surface area (Å²) in [7, 11) is 0. The van der Waals surface area contributed by atoms with Crippen molar-refractivity contribution in [3.63, 3.8) is 0 Å². The van der Waals surface area contributed by atoms with Crippen LogP contribution in [0, 0.1) is 0 Å². The minimum absolute atomic E-state index is 0.249. The van der Waals surface area contributed by atoms with Gasteiger partial charge in [-0.15, -0.1) is 0 Å². The van der Waals surface area contributed by atoms with Crippen LogP contribution in [0.1, 0.15) is 55.9 Å². The van der Waals surface area contributed by atoms with Crippen LogP contribution in [0.15, 0.2) is 12.1 Å². The van der Waals surface area contributed by atoms with E-state index >= 15 is 0 Å². The zero-order valence-electron chi connectivity index (χ0n) is 15.1. The summed E-state index contributed by atoms with van der Waals surface area (Å²) in [5.41, 5.74) is 1.91. The first-order valence-corrected chi connectivity index (χ1v) is 8.42. The molecular weight excluding hydrogens is 322 g/mol. The second kappa shape index (κ2) is 7.55. The Labute approximate surface area is 146 Å². The van der Waals surface area contributed by atoms with Crippen molar-refractivity contribution in [2.24, 2.45) is 0 Å². The molecule has 0 saturated carbocycles. The fourth-order valence-corrected chi connectivity index (χ4v) is 2.57. The Bertz CT molecular complexity index is 774. The molecule has 2 aromatic rings. The van der Waals surface area contributed by atoms with Crippen LogP contribution in [0.2, 0.25) is 0 Å². The number of carbonyl (C=O) groups excluding carboxylic acids is 1. The molecule has 0 aliphatic heterocycles. The average molecular weight is 347 g/mol. The Kier molecular flexibility index (Phi) is 5.66. The molecule has 0 radical (unpaired) electrons. The lowest BCUT2D eigenvalue weighted by Gasteiger charge is -2.19. The average Bonchev–Trinajstić information content (AvgIpc) is 2.92. The molecule has 2 rings (SSSR count). The predicted molar refractivity (Wildman–Crippen MR) is 95.0 cm³/mol. The fourth-order valence-electron chi connectivity index (χ4n) is 2.57. The number of aromatic nitrogens is 2. The van der Waals surface area contributed by atoms with Gasteiger partial charge in [-0.3, -0.25) is 0 Å². The van der Waals surface area contributed by atoms with Gasteiger partial charge in [-0.1, -0.05) is 6.92 Å². The molecule has 25 heavy (non-hydrogen) atoms. The van der Waals surface area contributed by atoms with E-state index in [2.05, 4.69) is 15.3 Å². The van der Waals surface area contributed by atoms with Crippen LogP contribution >= 0.6 is 0 Å². The monoisotopic (exact) mass is 347 g/mol. The molecule has 7 nitrogen and oxygen atoms in total. The molecule has 3 N–H and O–H groups in total. The highest BCUT2D eigenvalue weighted by atomic mass is 16.6. The molecule has 0 atom stereocenters. The fraction of sp³-hybridized carbons (Fsp3) is 0.500. The highest BCUT2D eigenvalue weighted by Crippen LogP contribution is 2.23. The minimum Gasteiger partial charge on any atom is -0.478 e. The number of imidazole rings is 1. The Morgan fingerprint density at radius 3 is 2.64 bits per heavy atom. The van der Waals surface area contributed by atoms with Gasteiger partial charge in [-0.05, 0) is 51.3 Å². The molecule has 1 aromatic heterocycles. The van der Waals surface area contributed by atoms with E-state index in [1.807, 2.05) is 6.92 Å². The number of nitrogens with one attached hydrogen (secondary N) is 2. The molecule has 0 unspecified atom stereocenters. The summed E-state index contributed by atoms with van der Waals surface area (Å²) in [6.45, 7) is 7.79. The number of nitrogens with zero attached hydrogens (tertiary/aromatic N) is 1. The number of ether oxygens (including phenoxy) is 1. The van der Waals surface area contributed by atoms with Crippen molar-refractivity contribution >= 4 is 23.1 Å². The summed E-state index contributed by atoms with van der Waals surface area (Å²) in [6, 6.07) is 3.34. The first kappa shape index (κ1) is 18.8. The third-order valence-corrected chi connectivity index (χ3v) is 3.65. The largest absolute Gasteiger partial charge is 0.478 e. The van der Waals surface area contributed by atoms with Crippen molar-refractivity contribution in [1.29, 1.82) is 0 Å². The second-order valence-corrected chi connectivity index (χ2v) is 6.86. The third-order valence-electron chi connectivity index (χ3n) is 3.65. The highest BCUT2D eigenvalue weighted by Gasteiger charge is 2.17. The van der Waals surface area contributed by atoms with Gasteiger partial charge >= 0.3 is 12.1 Å². The standard InChI is InChI=1S/C18H25N3O4/c1-5-14-20-13-9-8-12(16(22)23)11(15(13)21-14)7-6-10-19-17(24)25-18(2,3)4/h8-9H,5-7,10H2,1-4H3,(H,19,24)(H,20,21)(H,22,23). The molecule has 1 amide bonds. The van der Waals surface area contributed by atoms with Gasteiger partial charge in [0.05, 0.1) is 16.6 Å². The van der Waals surface area contributed by atoms with Crippen LogP contribution in [0.3, 0.4) is 0 Å². The van der Waals surface area contributed by atoms with Gasteiger partial charge in [0.1, 0.15) is 11.4 Å². The summed E-state index contributed by atoms with van der Waals surface area (Å²) in [5.74, 6) is -0.149. The molecule has 1 aromatic carbocycles. The Morgan fingerprint density at radius 2 is 2.04 bits per heavy atom. The Hall–Kier alpha value is -2.57. The zero-order chi connectivity index (χ0) is 18.6. The molecule has 0 bridgehead atoms.